The number of halogens is 1. The maximum Gasteiger partial charge on any atom is 0.308 e. The maximum absolute atomic E-state index is 11.0. The van der Waals surface area contributed by atoms with E-state index < -0.39 is 11.9 Å². The van der Waals surface area contributed by atoms with Gasteiger partial charge in [-0.1, -0.05) is 0 Å². The van der Waals surface area contributed by atoms with Crippen molar-refractivity contribution in [3.05, 3.63) is 21.7 Å². The van der Waals surface area contributed by atoms with Gasteiger partial charge in [-0.15, -0.1) is 0 Å². The van der Waals surface area contributed by atoms with E-state index in [1.165, 1.54) is 13.8 Å². The monoisotopic (exact) mass is 300 g/mol. The molecule has 17 heavy (non-hydrogen) atoms. The summed E-state index contributed by atoms with van der Waals surface area (Å²) < 4.78 is 10.6. The van der Waals surface area contributed by atoms with Crippen molar-refractivity contribution < 1.29 is 19.1 Å². The van der Waals surface area contributed by atoms with Crippen LogP contribution >= 0.6 is 15.9 Å². The summed E-state index contributed by atoms with van der Waals surface area (Å²) in [4.78, 5) is 22.0. The molecule has 0 atom stereocenters. The normalized spacial score (nSPS) is 9.94. The topological polar surface area (TPSA) is 52.6 Å². The van der Waals surface area contributed by atoms with Crippen molar-refractivity contribution >= 4 is 27.9 Å². The second kappa shape index (κ2) is 5.31. The first kappa shape index (κ1) is 13.7. The number of benzene rings is 1. The molecule has 0 amide bonds. The maximum atomic E-state index is 11.0. The van der Waals surface area contributed by atoms with Crippen LogP contribution in [0.5, 0.6) is 11.5 Å². The fraction of sp³-hybridized carbons (Fsp3) is 0.333. The SMILES string of the molecule is CC(=O)Oc1c(C)cc(C)c(OC(C)=O)c1Br. The number of hydrogen-bond donors (Lipinski definition) is 0. The van der Waals surface area contributed by atoms with E-state index in [-0.39, 0.29) is 0 Å². The molecule has 1 rings (SSSR count). The van der Waals surface area contributed by atoms with E-state index in [1.807, 2.05) is 13.8 Å². The Labute approximate surface area is 108 Å². The first-order chi connectivity index (χ1) is 7.82. The highest BCUT2D eigenvalue weighted by atomic mass is 79.9. The fourth-order valence-electron chi connectivity index (χ4n) is 1.44. The van der Waals surface area contributed by atoms with Gasteiger partial charge < -0.3 is 9.47 Å². The Morgan fingerprint density at radius 3 is 1.65 bits per heavy atom. The Morgan fingerprint density at radius 1 is 1.00 bits per heavy atom. The molecule has 4 nitrogen and oxygen atoms in total. The van der Waals surface area contributed by atoms with Crippen LogP contribution in [0.3, 0.4) is 0 Å². The molecule has 0 bridgehead atoms. The predicted molar refractivity (Wildman–Crippen MR) is 66.2 cm³/mol. The average Bonchev–Trinajstić information content (AvgIpc) is 2.18. The highest BCUT2D eigenvalue weighted by Gasteiger charge is 2.17. The van der Waals surface area contributed by atoms with E-state index in [9.17, 15) is 9.59 Å². The minimum absolute atomic E-state index is 0.374. The van der Waals surface area contributed by atoms with E-state index in [1.54, 1.807) is 6.07 Å². The van der Waals surface area contributed by atoms with Crippen LogP contribution in [-0.2, 0) is 9.59 Å². The van der Waals surface area contributed by atoms with Crippen molar-refractivity contribution in [3.63, 3.8) is 0 Å². The predicted octanol–water partition coefficient (Wildman–Crippen LogP) is 2.92. The van der Waals surface area contributed by atoms with Crippen LogP contribution in [0.25, 0.3) is 0 Å². The zero-order valence-corrected chi connectivity index (χ0v) is 11.7. The van der Waals surface area contributed by atoms with Crippen LogP contribution in [0.4, 0.5) is 0 Å². The molecule has 1 aromatic rings. The number of esters is 2. The minimum atomic E-state index is -0.425. The molecule has 1 aromatic carbocycles. The van der Waals surface area contributed by atoms with Crippen molar-refractivity contribution in [1.82, 2.24) is 0 Å². The third kappa shape index (κ3) is 3.30. The molecule has 0 saturated heterocycles. The third-order valence-corrected chi connectivity index (χ3v) is 2.76. The number of rotatable bonds is 2. The van der Waals surface area contributed by atoms with E-state index in [0.717, 1.165) is 11.1 Å². The van der Waals surface area contributed by atoms with Crippen molar-refractivity contribution in [1.29, 1.82) is 0 Å². The summed E-state index contributed by atoms with van der Waals surface area (Å²) in [6, 6.07) is 1.79. The van der Waals surface area contributed by atoms with Gasteiger partial charge in [0.25, 0.3) is 0 Å². The lowest BCUT2D eigenvalue weighted by Crippen LogP contribution is -2.08. The molecule has 0 saturated carbocycles. The van der Waals surface area contributed by atoms with Gasteiger partial charge in [0.05, 0.1) is 0 Å². The number of carbonyl (C=O) groups excluding carboxylic acids is 2. The van der Waals surface area contributed by atoms with Crippen LogP contribution < -0.4 is 9.47 Å². The van der Waals surface area contributed by atoms with Gasteiger partial charge in [-0.2, -0.15) is 0 Å². The summed E-state index contributed by atoms with van der Waals surface area (Å²) >= 11 is 3.29. The minimum Gasteiger partial charge on any atom is -0.425 e. The van der Waals surface area contributed by atoms with E-state index in [4.69, 9.17) is 9.47 Å². The van der Waals surface area contributed by atoms with E-state index in [2.05, 4.69) is 15.9 Å². The Bertz CT molecular complexity index is 440. The largest absolute Gasteiger partial charge is 0.425 e. The standard InChI is InChI=1S/C12H13BrO4/c1-6-5-7(2)12(17-9(4)15)10(13)11(6)16-8(3)14/h5H,1-4H3. The number of aryl methyl sites for hydroxylation is 2. The molecule has 0 aliphatic heterocycles. The quantitative estimate of drug-likeness (QED) is 0.622. The summed E-state index contributed by atoms with van der Waals surface area (Å²) in [5.41, 5.74) is 1.58. The highest BCUT2D eigenvalue weighted by molar-refractivity contribution is 9.10. The van der Waals surface area contributed by atoms with Gasteiger partial charge in [0, 0.05) is 13.8 Å². The Kier molecular flexibility index (Phi) is 4.28. The second-order valence-electron chi connectivity index (χ2n) is 3.67. The molecule has 0 radical (unpaired) electrons. The number of ether oxygens (including phenoxy) is 2. The lowest BCUT2D eigenvalue weighted by molar-refractivity contribution is -0.132. The average molecular weight is 301 g/mol. The number of carbonyl (C=O) groups is 2. The summed E-state index contributed by atoms with van der Waals surface area (Å²) in [7, 11) is 0. The smallest absolute Gasteiger partial charge is 0.308 e. The molecule has 5 heteroatoms. The molecule has 0 aromatic heterocycles. The van der Waals surface area contributed by atoms with Crippen molar-refractivity contribution in [2.24, 2.45) is 0 Å². The fourth-order valence-corrected chi connectivity index (χ4v) is 2.23. The zero-order chi connectivity index (χ0) is 13.2. The molecule has 0 heterocycles. The van der Waals surface area contributed by atoms with Crippen molar-refractivity contribution in [2.45, 2.75) is 27.7 Å². The molecule has 0 spiro atoms. The highest BCUT2D eigenvalue weighted by Crippen LogP contribution is 2.40. The Hall–Kier alpha value is -1.36. The van der Waals surface area contributed by atoms with E-state index in [0.29, 0.717) is 16.0 Å². The summed E-state index contributed by atoms with van der Waals surface area (Å²) in [6.07, 6.45) is 0. The van der Waals surface area contributed by atoms with Gasteiger partial charge in [-0.05, 0) is 47.0 Å². The molecule has 0 aliphatic rings. The molecule has 0 fully saturated rings. The molecule has 92 valence electrons. The van der Waals surface area contributed by atoms with Gasteiger partial charge in [-0.3, -0.25) is 9.59 Å². The van der Waals surface area contributed by atoms with Crippen LogP contribution in [-0.4, -0.2) is 11.9 Å². The van der Waals surface area contributed by atoms with Gasteiger partial charge >= 0.3 is 11.9 Å². The van der Waals surface area contributed by atoms with Crippen LogP contribution in [0.1, 0.15) is 25.0 Å². The van der Waals surface area contributed by atoms with Gasteiger partial charge in [0.1, 0.15) is 4.47 Å². The summed E-state index contributed by atoms with van der Waals surface area (Å²) in [5, 5.41) is 0. The lowest BCUT2D eigenvalue weighted by Gasteiger charge is -2.14. The third-order valence-electron chi connectivity index (χ3n) is 2.04. The lowest BCUT2D eigenvalue weighted by atomic mass is 10.1. The van der Waals surface area contributed by atoms with Gasteiger partial charge in [0.2, 0.25) is 0 Å². The summed E-state index contributed by atoms with van der Waals surface area (Å²) in [6.45, 7) is 6.26. The summed E-state index contributed by atoms with van der Waals surface area (Å²) in [5.74, 6) is -0.100. The van der Waals surface area contributed by atoms with Crippen molar-refractivity contribution in [3.8, 4) is 11.5 Å². The molecular formula is C12H13BrO4. The van der Waals surface area contributed by atoms with Crippen molar-refractivity contribution in [2.75, 3.05) is 0 Å². The van der Waals surface area contributed by atoms with Crippen LogP contribution in [0, 0.1) is 13.8 Å². The van der Waals surface area contributed by atoms with Gasteiger partial charge in [0.15, 0.2) is 11.5 Å². The molecular weight excluding hydrogens is 288 g/mol. The Balaban J connectivity index is 3.31. The Morgan fingerprint density at radius 2 is 1.35 bits per heavy atom. The molecule has 0 unspecified atom stereocenters. The molecule has 0 N–H and O–H groups in total. The first-order valence-corrected chi connectivity index (χ1v) is 5.78. The first-order valence-electron chi connectivity index (χ1n) is 4.99. The number of hydrogen-bond acceptors (Lipinski definition) is 4. The van der Waals surface area contributed by atoms with E-state index >= 15 is 0 Å². The molecule has 0 aliphatic carbocycles. The van der Waals surface area contributed by atoms with Gasteiger partial charge in [-0.25, -0.2) is 0 Å². The second-order valence-corrected chi connectivity index (χ2v) is 4.46. The van der Waals surface area contributed by atoms with Crippen LogP contribution in [0.2, 0.25) is 0 Å². The zero-order valence-electron chi connectivity index (χ0n) is 10.1. The van der Waals surface area contributed by atoms with Crippen LogP contribution in [0.15, 0.2) is 10.5 Å².